The highest BCUT2D eigenvalue weighted by Gasteiger charge is 1.52. The second-order valence-corrected chi connectivity index (χ2v) is 0.658. The Hall–Kier alpha value is -0.950. The van der Waals surface area contributed by atoms with Crippen LogP contribution < -0.4 is 0 Å². The number of carbonyl (C=O) groups is 1. The van der Waals surface area contributed by atoms with Crippen molar-refractivity contribution in [2.24, 2.45) is 0 Å². The molecule has 0 aromatic rings. The Labute approximate surface area is 41.3 Å². The Morgan fingerprint density at radius 3 is 1.71 bits per heavy atom. The lowest BCUT2D eigenvalue weighted by molar-refractivity contribution is -0.191. The summed E-state index contributed by atoms with van der Waals surface area (Å²) in [5, 5.41) is 0. The maximum Gasteiger partial charge on any atom is 0.373 e. The summed E-state index contributed by atoms with van der Waals surface area (Å²) in [7, 11) is 0. The third-order valence-corrected chi connectivity index (χ3v) is 0.167. The van der Waals surface area contributed by atoms with E-state index >= 15 is 0 Å². The molecule has 0 aliphatic rings. The molecule has 0 spiro atoms. The Morgan fingerprint density at radius 2 is 1.71 bits per heavy atom. The minimum atomic E-state index is 0.250. The summed E-state index contributed by atoms with van der Waals surface area (Å²) < 4.78 is 0. The minimum absolute atomic E-state index is 0.250. The Bertz CT molecular complexity index is 61.3. The van der Waals surface area contributed by atoms with Crippen molar-refractivity contribution in [3.8, 4) is 0 Å². The average Bonchev–Trinajstić information content (AvgIpc) is 1.69. The zero-order valence-electron chi connectivity index (χ0n) is 4.01. The van der Waals surface area contributed by atoms with Gasteiger partial charge in [-0.25, -0.2) is 0 Å². The van der Waals surface area contributed by atoms with Crippen molar-refractivity contribution in [1.82, 2.24) is 0 Å². The molecule has 0 aromatic carbocycles. The maximum atomic E-state index is 9.17. The third kappa shape index (κ3) is 18800. The molecule has 3 nitrogen and oxygen atoms in total. The van der Waals surface area contributed by atoms with Crippen molar-refractivity contribution >= 4 is 12.4 Å². The van der Waals surface area contributed by atoms with Crippen LogP contribution in [0.4, 0.5) is 0 Å². The fourth-order valence-corrected chi connectivity index (χ4v) is 0. The molecule has 0 saturated carbocycles. The molecule has 0 bridgehead atoms. The van der Waals surface area contributed by atoms with Crippen molar-refractivity contribution < 1.29 is 14.4 Å². The molecule has 0 amide bonds. The van der Waals surface area contributed by atoms with Gasteiger partial charge in [-0.3, -0.25) is 0 Å². The average molecular weight is 102 g/mol. The predicted octanol–water partition coefficient (Wildman–Crippen LogP) is 0.0118. The van der Waals surface area contributed by atoms with E-state index < -0.39 is 0 Å². The van der Waals surface area contributed by atoms with Crippen molar-refractivity contribution in [2.45, 2.75) is 13.3 Å². The lowest BCUT2D eigenvalue weighted by Crippen LogP contribution is -1.55. The molecule has 3 heteroatoms. The van der Waals surface area contributed by atoms with E-state index in [0.717, 1.165) is 6.29 Å². The second kappa shape index (κ2) is 19.7. The van der Waals surface area contributed by atoms with Crippen LogP contribution in [-0.2, 0) is 14.4 Å². The van der Waals surface area contributed by atoms with Crippen molar-refractivity contribution in [3.63, 3.8) is 0 Å². The third-order valence-electron chi connectivity index (χ3n) is 0.167. The number of hydrogen-bond donors (Lipinski definition) is 0. The highest BCUT2D eigenvalue weighted by molar-refractivity contribution is 5.48. The normalized spacial score (nSPS) is 4.71. The minimum Gasteiger partial charge on any atom is -0.303 e. The van der Waals surface area contributed by atoms with Crippen LogP contribution in [0, 0.1) is 0 Å². The first-order valence-corrected chi connectivity index (χ1v) is 1.76. The molecule has 0 unspecified atom stereocenters. The maximum absolute atomic E-state index is 9.17. The second-order valence-electron chi connectivity index (χ2n) is 0.658. The lowest BCUT2D eigenvalue weighted by Gasteiger charge is -1.51. The number of aldehydes is 1. The van der Waals surface area contributed by atoms with Crippen LogP contribution in [0.5, 0.6) is 0 Å². The van der Waals surface area contributed by atoms with Gasteiger partial charge in [0.25, 0.3) is 0 Å². The van der Waals surface area contributed by atoms with Gasteiger partial charge in [-0.15, -0.1) is 0 Å². The monoisotopic (exact) mass is 102 g/mol. The number of rotatable bonds is 1. The first-order valence-electron chi connectivity index (χ1n) is 1.76. The van der Waals surface area contributed by atoms with Crippen LogP contribution in [-0.4, -0.2) is 12.4 Å². The first kappa shape index (κ1) is 9.41. The van der Waals surface area contributed by atoms with E-state index in [2.05, 4.69) is 0 Å². The zero-order chi connectivity index (χ0) is 6.12. The van der Waals surface area contributed by atoms with Crippen LogP contribution in [0.15, 0.2) is 0 Å². The molecule has 0 rings (SSSR count). The molecule has 0 saturated heterocycles. The lowest BCUT2D eigenvalue weighted by atomic mass is 10.6. The highest BCUT2D eigenvalue weighted by atomic mass is 16.2. The quantitative estimate of drug-likeness (QED) is 0.438. The molecule has 0 radical (unpaired) electrons. The van der Waals surface area contributed by atoms with Crippen LogP contribution in [0.3, 0.4) is 0 Å². The molecule has 0 aromatic heterocycles. The van der Waals surface area contributed by atoms with E-state index in [1.807, 2.05) is 6.92 Å². The largest absolute Gasteiger partial charge is 0.373 e. The SMILES string of the molecule is CCC=O.O=C=O. The van der Waals surface area contributed by atoms with E-state index in [1.54, 1.807) is 0 Å². The fourth-order valence-electron chi connectivity index (χ4n) is 0. The molecular formula is C4H6O3. The van der Waals surface area contributed by atoms with E-state index in [9.17, 15) is 4.79 Å². The summed E-state index contributed by atoms with van der Waals surface area (Å²) in [5.41, 5.74) is 0. The van der Waals surface area contributed by atoms with E-state index in [0.29, 0.717) is 6.42 Å². The summed E-state index contributed by atoms with van der Waals surface area (Å²) in [5.74, 6) is 0. The Kier molecular flexibility index (Phi) is 26.5. The molecule has 40 valence electrons. The van der Waals surface area contributed by atoms with Crippen LogP contribution in [0.1, 0.15) is 13.3 Å². The standard InChI is InChI=1S/C3H6O.CO2/c1-2-3-4;2-1-3/h3H,2H2,1H3;. The van der Waals surface area contributed by atoms with Gasteiger partial charge in [0.15, 0.2) is 0 Å². The topological polar surface area (TPSA) is 51.2 Å². The van der Waals surface area contributed by atoms with Crippen molar-refractivity contribution in [1.29, 1.82) is 0 Å². The van der Waals surface area contributed by atoms with Gasteiger partial charge in [-0.05, 0) is 0 Å². The fraction of sp³-hybridized carbons (Fsp3) is 0.500. The predicted molar refractivity (Wildman–Crippen MR) is 21.4 cm³/mol. The van der Waals surface area contributed by atoms with Crippen LogP contribution in [0.25, 0.3) is 0 Å². The number of hydrogen-bond acceptors (Lipinski definition) is 3. The summed E-state index contributed by atoms with van der Waals surface area (Å²) in [6.07, 6.45) is 1.76. The molecule has 0 aliphatic carbocycles. The van der Waals surface area contributed by atoms with Gasteiger partial charge >= 0.3 is 6.15 Å². The Morgan fingerprint density at radius 1 is 1.57 bits per heavy atom. The molecule has 7 heavy (non-hydrogen) atoms. The molecule has 0 fully saturated rings. The number of carbonyl (C=O) groups excluding carboxylic acids is 3. The van der Waals surface area contributed by atoms with E-state index in [1.165, 1.54) is 0 Å². The summed E-state index contributed by atoms with van der Waals surface area (Å²) in [6.45, 7) is 1.81. The van der Waals surface area contributed by atoms with E-state index in [4.69, 9.17) is 9.59 Å². The van der Waals surface area contributed by atoms with Gasteiger partial charge in [-0.2, -0.15) is 9.59 Å². The molecule has 0 N–H and O–H groups in total. The Balaban J connectivity index is 0. The van der Waals surface area contributed by atoms with Gasteiger partial charge < -0.3 is 4.79 Å². The summed E-state index contributed by atoms with van der Waals surface area (Å²) >= 11 is 0. The van der Waals surface area contributed by atoms with Crippen LogP contribution in [0.2, 0.25) is 0 Å². The molecule has 0 aliphatic heterocycles. The highest BCUT2D eigenvalue weighted by Crippen LogP contribution is 1.53. The zero-order valence-corrected chi connectivity index (χ0v) is 4.01. The van der Waals surface area contributed by atoms with Gasteiger partial charge in [-0.1, -0.05) is 6.92 Å². The van der Waals surface area contributed by atoms with Gasteiger partial charge in [0.2, 0.25) is 0 Å². The summed E-state index contributed by atoms with van der Waals surface area (Å²) in [6, 6.07) is 0. The van der Waals surface area contributed by atoms with Gasteiger partial charge in [0.1, 0.15) is 6.29 Å². The molecule has 0 atom stereocenters. The van der Waals surface area contributed by atoms with Crippen molar-refractivity contribution in [3.05, 3.63) is 0 Å². The van der Waals surface area contributed by atoms with Crippen molar-refractivity contribution in [2.75, 3.05) is 0 Å². The first-order chi connectivity index (χ1) is 3.33. The smallest absolute Gasteiger partial charge is 0.303 e. The molecule has 0 heterocycles. The summed E-state index contributed by atoms with van der Waals surface area (Å²) in [4.78, 5) is 25.4. The van der Waals surface area contributed by atoms with Crippen LogP contribution >= 0.6 is 0 Å². The van der Waals surface area contributed by atoms with Gasteiger partial charge in [0.05, 0.1) is 0 Å². The molecular weight excluding hydrogens is 96.0 g/mol. The van der Waals surface area contributed by atoms with Gasteiger partial charge in [0, 0.05) is 6.42 Å². The van der Waals surface area contributed by atoms with E-state index in [-0.39, 0.29) is 6.15 Å².